The fourth-order valence-corrected chi connectivity index (χ4v) is 2.83. The maximum Gasteiger partial charge on any atom is 0.321 e. The first-order valence-corrected chi connectivity index (χ1v) is 9.42. The molecule has 1 fully saturated rings. The summed E-state index contributed by atoms with van der Waals surface area (Å²) in [5.41, 5.74) is 2.52. The number of nitrogens with one attached hydrogen (secondary N) is 3. The third-order valence-electron chi connectivity index (χ3n) is 4.47. The lowest BCUT2D eigenvalue weighted by Gasteiger charge is -2.23. The van der Waals surface area contributed by atoms with E-state index in [-0.39, 0.29) is 24.5 Å². The monoisotopic (exact) mass is 345 g/mol. The predicted octanol–water partition coefficient (Wildman–Crippen LogP) is 3.30. The van der Waals surface area contributed by atoms with Crippen LogP contribution in [0.1, 0.15) is 63.6 Å². The van der Waals surface area contributed by atoms with E-state index in [0.717, 1.165) is 19.3 Å². The Kier molecular flexibility index (Phi) is 7.44. The molecule has 3 amide bonds. The molecule has 1 saturated carbocycles. The molecular formula is C20H31N3O2. The quantitative estimate of drug-likeness (QED) is 0.643. The van der Waals surface area contributed by atoms with Crippen LogP contribution in [-0.2, 0) is 11.2 Å². The number of carbonyl (C=O) groups excluding carboxylic acids is 2. The molecule has 0 bridgehead atoms. The van der Waals surface area contributed by atoms with Gasteiger partial charge < -0.3 is 10.6 Å². The third-order valence-corrected chi connectivity index (χ3v) is 4.47. The number of aryl methyl sites for hydroxylation is 1. The van der Waals surface area contributed by atoms with E-state index in [9.17, 15) is 9.59 Å². The Morgan fingerprint density at radius 3 is 2.40 bits per heavy atom. The van der Waals surface area contributed by atoms with Crippen LogP contribution in [0.2, 0.25) is 0 Å². The van der Waals surface area contributed by atoms with Gasteiger partial charge in [0.15, 0.2) is 0 Å². The Balaban J connectivity index is 1.84. The average Bonchev–Trinajstić information content (AvgIpc) is 3.37. The summed E-state index contributed by atoms with van der Waals surface area (Å²) >= 11 is 0. The number of imide groups is 1. The molecule has 25 heavy (non-hydrogen) atoms. The first kappa shape index (κ1) is 19.4. The van der Waals surface area contributed by atoms with E-state index >= 15 is 0 Å². The maximum absolute atomic E-state index is 12.0. The molecule has 1 aromatic rings. The summed E-state index contributed by atoms with van der Waals surface area (Å²) in [6.07, 6.45) is 5.51. The van der Waals surface area contributed by atoms with Gasteiger partial charge in [-0.2, -0.15) is 0 Å². The molecular weight excluding hydrogens is 314 g/mol. The summed E-state index contributed by atoms with van der Waals surface area (Å²) in [4.78, 5) is 23.6. The lowest BCUT2D eigenvalue weighted by atomic mass is 9.94. The van der Waals surface area contributed by atoms with E-state index in [1.165, 1.54) is 24.0 Å². The van der Waals surface area contributed by atoms with Crippen molar-refractivity contribution in [2.45, 2.75) is 65.0 Å². The molecule has 1 aliphatic carbocycles. The number of urea groups is 1. The lowest BCUT2D eigenvalue weighted by molar-refractivity contribution is -0.119. The average molecular weight is 345 g/mol. The van der Waals surface area contributed by atoms with Gasteiger partial charge in [-0.3, -0.25) is 10.1 Å². The SMILES string of the molecule is CCCCc1ccc([C@H](NCC(=O)NC(=O)NC2CC2)C(C)C)cc1. The number of carbonyl (C=O) groups is 2. The zero-order valence-corrected chi connectivity index (χ0v) is 15.6. The normalized spacial score (nSPS) is 15.0. The highest BCUT2D eigenvalue weighted by Crippen LogP contribution is 2.22. The second kappa shape index (κ2) is 9.56. The smallest absolute Gasteiger partial charge is 0.321 e. The summed E-state index contributed by atoms with van der Waals surface area (Å²) in [5, 5.41) is 8.41. The van der Waals surface area contributed by atoms with Crippen LogP contribution in [0, 0.1) is 5.92 Å². The van der Waals surface area contributed by atoms with Crippen molar-refractivity contribution >= 4 is 11.9 Å². The zero-order chi connectivity index (χ0) is 18.2. The van der Waals surface area contributed by atoms with Crippen molar-refractivity contribution in [3.8, 4) is 0 Å². The molecule has 1 atom stereocenters. The van der Waals surface area contributed by atoms with Gasteiger partial charge in [0.2, 0.25) is 5.91 Å². The number of hydrogen-bond donors (Lipinski definition) is 3. The molecule has 0 heterocycles. The Morgan fingerprint density at radius 1 is 1.16 bits per heavy atom. The Hall–Kier alpha value is -1.88. The molecule has 1 aliphatic rings. The molecule has 5 heteroatoms. The summed E-state index contributed by atoms with van der Waals surface area (Å²) in [6.45, 7) is 6.57. The highest BCUT2D eigenvalue weighted by Gasteiger charge is 2.24. The molecule has 5 nitrogen and oxygen atoms in total. The molecule has 0 saturated heterocycles. The summed E-state index contributed by atoms with van der Waals surface area (Å²) in [6, 6.07) is 8.56. The lowest BCUT2D eigenvalue weighted by Crippen LogP contribution is -2.45. The van der Waals surface area contributed by atoms with E-state index in [4.69, 9.17) is 0 Å². The molecule has 2 rings (SSSR count). The number of unbranched alkanes of at least 4 members (excludes halogenated alkanes) is 1. The van der Waals surface area contributed by atoms with E-state index in [0.29, 0.717) is 5.92 Å². The second-order valence-electron chi connectivity index (χ2n) is 7.24. The van der Waals surface area contributed by atoms with Crippen molar-refractivity contribution < 1.29 is 9.59 Å². The van der Waals surface area contributed by atoms with Gasteiger partial charge in [-0.15, -0.1) is 0 Å². The Bertz CT molecular complexity index is 565. The number of rotatable bonds is 9. The van der Waals surface area contributed by atoms with Crippen LogP contribution in [0.25, 0.3) is 0 Å². The predicted molar refractivity (Wildman–Crippen MR) is 100 cm³/mol. The van der Waals surface area contributed by atoms with Gasteiger partial charge in [0.05, 0.1) is 6.54 Å². The first-order chi connectivity index (χ1) is 12.0. The van der Waals surface area contributed by atoms with E-state index in [1.807, 2.05) is 0 Å². The zero-order valence-electron chi connectivity index (χ0n) is 15.6. The van der Waals surface area contributed by atoms with Crippen LogP contribution in [-0.4, -0.2) is 24.5 Å². The van der Waals surface area contributed by atoms with Gasteiger partial charge in [-0.1, -0.05) is 51.5 Å². The van der Waals surface area contributed by atoms with Gasteiger partial charge in [0.25, 0.3) is 0 Å². The van der Waals surface area contributed by atoms with Gasteiger partial charge in [0.1, 0.15) is 0 Å². The number of amides is 3. The highest BCUT2D eigenvalue weighted by molar-refractivity contribution is 5.95. The van der Waals surface area contributed by atoms with Crippen molar-refractivity contribution in [2.75, 3.05) is 6.54 Å². The van der Waals surface area contributed by atoms with Crippen molar-refractivity contribution in [1.82, 2.24) is 16.0 Å². The van der Waals surface area contributed by atoms with Crippen LogP contribution >= 0.6 is 0 Å². The Morgan fingerprint density at radius 2 is 1.84 bits per heavy atom. The molecule has 0 spiro atoms. The maximum atomic E-state index is 12.0. The first-order valence-electron chi connectivity index (χ1n) is 9.42. The largest absolute Gasteiger partial charge is 0.335 e. The minimum Gasteiger partial charge on any atom is -0.335 e. The summed E-state index contributed by atoms with van der Waals surface area (Å²) < 4.78 is 0. The fraction of sp³-hybridized carbons (Fsp3) is 0.600. The standard InChI is InChI=1S/C20H31N3O2/c1-4-5-6-15-7-9-16(10-8-15)19(14(2)3)21-13-18(24)23-20(25)22-17-11-12-17/h7-10,14,17,19,21H,4-6,11-13H2,1-3H3,(H2,22,23,24,25)/t19-/m1/s1. The molecule has 138 valence electrons. The van der Waals surface area contributed by atoms with Crippen LogP contribution in [0.15, 0.2) is 24.3 Å². The van der Waals surface area contributed by atoms with E-state index < -0.39 is 6.03 Å². The number of benzene rings is 1. The van der Waals surface area contributed by atoms with Crippen molar-refractivity contribution in [3.63, 3.8) is 0 Å². The third kappa shape index (κ3) is 6.86. The van der Waals surface area contributed by atoms with E-state index in [2.05, 4.69) is 61.0 Å². The van der Waals surface area contributed by atoms with E-state index in [1.54, 1.807) is 0 Å². The minimum atomic E-state index is -0.393. The van der Waals surface area contributed by atoms with Crippen LogP contribution in [0.3, 0.4) is 0 Å². The van der Waals surface area contributed by atoms with Crippen LogP contribution in [0.5, 0.6) is 0 Å². The summed E-state index contributed by atoms with van der Waals surface area (Å²) in [7, 11) is 0. The van der Waals surface area contributed by atoms with Crippen molar-refractivity contribution in [2.24, 2.45) is 5.92 Å². The molecule has 0 aromatic heterocycles. The molecule has 3 N–H and O–H groups in total. The fourth-order valence-electron chi connectivity index (χ4n) is 2.83. The van der Waals surface area contributed by atoms with Crippen LogP contribution < -0.4 is 16.0 Å². The molecule has 1 aromatic carbocycles. The molecule has 0 radical (unpaired) electrons. The van der Waals surface area contributed by atoms with Crippen molar-refractivity contribution in [1.29, 1.82) is 0 Å². The molecule has 0 unspecified atom stereocenters. The highest BCUT2D eigenvalue weighted by atomic mass is 16.2. The Labute approximate surface area is 151 Å². The minimum absolute atomic E-state index is 0.0810. The van der Waals surface area contributed by atoms with Gasteiger partial charge >= 0.3 is 6.03 Å². The van der Waals surface area contributed by atoms with Gasteiger partial charge in [-0.25, -0.2) is 4.79 Å². The second-order valence-corrected chi connectivity index (χ2v) is 7.24. The topological polar surface area (TPSA) is 70.2 Å². The van der Waals surface area contributed by atoms with Gasteiger partial charge in [-0.05, 0) is 42.7 Å². The molecule has 0 aliphatic heterocycles. The van der Waals surface area contributed by atoms with Crippen molar-refractivity contribution in [3.05, 3.63) is 35.4 Å². The number of hydrogen-bond acceptors (Lipinski definition) is 3. The van der Waals surface area contributed by atoms with Crippen LogP contribution in [0.4, 0.5) is 4.79 Å². The summed E-state index contributed by atoms with van der Waals surface area (Å²) in [5.74, 6) is 0.0398. The van der Waals surface area contributed by atoms with Gasteiger partial charge in [0, 0.05) is 12.1 Å².